The van der Waals surface area contributed by atoms with Crippen LogP contribution in [0.4, 0.5) is 0 Å². The molecular weight excluding hydrogens is 1020 g/mol. The molecule has 0 aromatic carbocycles. The molecule has 0 aromatic rings. The van der Waals surface area contributed by atoms with Crippen LogP contribution in [0.5, 0.6) is 0 Å². The lowest BCUT2D eigenvalue weighted by Crippen LogP contribution is -2.30. The maximum absolute atomic E-state index is 12.9. The van der Waals surface area contributed by atoms with E-state index in [-0.39, 0.29) is 37.5 Å². The lowest BCUT2D eigenvalue weighted by atomic mass is 10.1. The second-order valence-corrected chi connectivity index (χ2v) is 21.3. The van der Waals surface area contributed by atoms with E-state index in [0.29, 0.717) is 19.3 Å². The van der Waals surface area contributed by atoms with Gasteiger partial charge in [-0.3, -0.25) is 14.4 Å². The number of unbranched alkanes of at least 4 members (excludes halogenated alkanes) is 17. The molecule has 0 fully saturated rings. The van der Waals surface area contributed by atoms with Crippen LogP contribution in [0.15, 0.2) is 182 Å². The highest BCUT2D eigenvalue weighted by Gasteiger charge is 2.19. The summed E-state index contributed by atoms with van der Waals surface area (Å²) >= 11 is 0. The Balaban J connectivity index is 4.46. The number of ether oxygens (including phenoxy) is 3. The molecule has 0 saturated carbocycles. The van der Waals surface area contributed by atoms with Crippen molar-refractivity contribution in [2.45, 2.75) is 271 Å². The number of rotatable bonds is 58. The first kappa shape index (κ1) is 77.5. The largest absolute Gasteiger partial charge is 0.462 e. The highest BCUT2D eigenvalue weighted by Crippen LogP contribution is 2.14. The van der Waals surface area contributed by atoms with Crippen molar-refractivity contribution < 1.29 is 28.6 Å². The van der Waals surface area contributed by atoms with Crippen LogP contribution in [-0.2, 0) is 28.6 Å². The quantitative estimate of drug-likeness (QED) is 0.0261. The zero-order valence-electron chi connectivity index (χ0n) is 53.1. The predicted molar refractivity (Wildman–Crippen MR) is 361 cm³/mol. The fourth-order valence-corrected chi connectivity index (χ4v) is 8.46. The maximum Gasteiger partial charge on any atom is 0.306 e. The zero-order chi connectivity index (χ0) is 59.9. The van der Waals surface area contributed by atoms with E-state index in [4.69, 9.17) is 14.2 Å². The van der Waals surface area contributed by atoms with Gasteiger partial charge in [0, 0.05) is 19.3 Å². The van der Waals surface area contributed by atoms with Gasteiger partial charge in [-0.05, 0) is 154 Å². The first-order chi connectivity index (χ1) is 41.0. The summed E-state index contributed by atoms with van der Waals surface area (Å²) in [4.78, 5) is 38.4. The van der Waals surface area contributed by atoms with E-state index in [1.807, 2.05) is 0 Å². The number of esters is 3. The van der Waals surface area contributed by atoms with Gasteiger partial charge in [0.1, 0.15) is 13.2 Å². The average Bonchev–Trinajstić information content (AvgIpc) is 3.49. The molecule has 0 aromatic heterocycles. The Labute approximate surface area is 510 Å². The Morgan fingerprint density at radius 1 is 0.253 bits per heavy atom. The van der Waals surface area contributed by atoms with Gasteiger partial charge in [0.2, 0.25) is 0 Å². The van der Waals surface area contributed by atoms with E-state index in [0.717, 1.165) is 154 Å². The molecule has 6 heteroatoms. The Hall–Kier alpha value is -5.49. The van der Waals surface area contributed by atoms with Gasteiger partial charge in [-0.2, -0.15) is 0 Å². The number of carbonyl (C=O) groups excluding carboxylic acids is 3. The summed E-state index contributed by atoms with van der Waals surface area (Å²) in [5.74, 6) is -1.00. The summed E-state index contributed by atoms with van der Waals surface area (Å²) in [5.41, 5.74) is 0. The van der Waals surface area contributed by atoms with Crippen LogP contribution in [0.25, 0.3) is 0 Å². The zero-order valence-corrected chi connectivity index (χ0v) is 53.1. The Bertz CT molecular complexity index is 1940. The molecule has 0 aliphatic rings. The summed E-state index contributed by atoms with van der Waals surface area (Å²) in [6, 6.07) is 0. The summed E-state index contributed by atoms with van der Waals surface area (Å²) in [7, 11) is 0. The third-order valence-corrected chi connectivity index (χ3v) is 13.4. The monoisotopic (exact) mass is 1140 g/mol. The standard InChI is InChI=1S/C77H120O6/c1-4-7-10-13-16-19-22-25-28-31-32-33-34-35-36-37-38-39-40-41-42-43-44-47-49-52-55-58-61-64-67-70-76(79)82-73-74(83-77(80)71-68-65-62-59-56-53-50-46-30-27-24-21-18-15-12-9-6-3)72-81-75(78)69-66-63-60-57-54-51-48-45-29-26-23-20-17-14-11-8-5-2/h7,9-10,12,16-21,25-30,32-33,35-36,38-39,41-42,44,47,50,53,59,62,74H,4-6,8,11,13-15,22-24,31,34,37,40,43,45-46,48-49,51-52,54-58,60-61,63-73H2,1-3H3/b10-7-,12-9-,19-16-,20-17-,21-18-,28-25-,29-26-,30-27-,33-32-,36-35-,39-38-,42-41-,47-44-,53-50-,62-59-. The van der Waals surface area contributed by atoms with Crippen molar-refractivity contribution in [2.24, 2.45) is 0 Å². The summed E-state index contributed by atoms with van der Waals surface area (Å²) in [5, 5.41) is 0. The minimum atomic E-state index is -0.829. The molecule has 1 unspecified atom stereocenters. The van der Waals surface area contributed by atoms with Gasteiger partial charge in [0.15, 0.2) is 6.10 Å². The first-order valence-corrected chi connectivity index (χ1v) is 33.3. The molecule has 464 valence electrons. The van der Waals surface area contributed by atoms with Crippen molar-refractivity contribution >= 4 is 17.9 Å². The van der Waals surface area contributed by atoms with Crippen LogP contribution in [0.1, 0.15) is 265 Å². The number of allylic oxidation sites excluding steroid dienone is 30. The van der Waals surface area contributed by atoms with E-state index < -0.39 is 6.10 Å². The molecule has 0 N–H and O–H groups in total. The molecule has 0 amide bonds. The van der Waals surface area contributed by atoms with Gasteiger partial charge < -0.3 is 14.2 Å². The number of hydrogen-bond acceptors (Lipinski definition) is 6. The van der Waals surface area contributed by atoms with Crippen LogP contribution in [0.2, 0.25) is 0 Å². The molecule has 6 nitrogen and oxygen atoms in total. The highest BCUT2D eigenvalue weighted by atomic mass is 16.6. The van der Waals surface area contributed by atoms with Crippen molar-refractivity contribution in [1.29, 1.82) is 0 Å². The van der Waals surface area contributed by atoms with E-state index in [1.54, 1.807) is 0 Å². The molecule has 0 bridgehead atoms. The van der Waals surface area contributed by atoms with Crippen LogP contribution >= 0.6 is 0 Å². The van der Waals surface area contributed by atoms with Gasteiger partial charge in [-0.1, -0.05) is 274 Å². The van der Waals surface area contributed by atoms with E-state index in [2.05, 4.69) is 203 Å². The summed E-state index contributed by atoms with van der Waals surface area (Å²) in [6.45, 7) is 6.31. The van der Waals surface area contributed by atoms with Gasteiger partial charge in [-0.25, -0.2) is 0 Å². The fourth-order valence-electron chi connectivity index (χ4n) is 8.46. The van der Waals surface area contributed by atoms with Crippen LogP contribution in [-0.4, -0.2) is 37.2 Å². The van der Waals surface area contributed by atoms with E-state index in [9.17, 15) is 14.4 Å². The molecule has 0 aliphatic carbocycles. The topological polar surface area (TPSA) is 78.9 Å². The third kappa shape index (κ3) is 67.2. The van der Waals surface area contributed by atoms with E-state index in [1.165, 1.54) is 64.2 Å². The second-order valence-electron chi connectivity index (χ2n) is 21.3. The van der Waals surface area contributed by atoms with Crippen molar-refractivity contribution in [3.63, 3.8) is 0 Å². The molecular formula is C77H120O6. The van der Waals surface area contributed by atoms with Crippen molar-refractivity contribution in [2.75, 3.05) is 13.2 Å². The third-order valence-electron chi connectivity index (χ3n) is 13.4. The van der Waals surface area contributed by atoms with Crippen LogP contribution in [0, 0.1) is 0 Å². The molecule has 0 spiro atoms. The second kappa shape index (κ2) is 69.0. The van der Waals surface area contributed by atoms with Crippen LogP contribution in [0.3, 0.4) is 0 Å². The average molecular weight is 1140 g/mol. The first-order valence-electron chi connectivity index (χ1n) is 33.3. The molecule has 0 rings (SSSR count). The normalized spacial score (nSPS) is 13.3. The number of hydrogen-bond donors (Lipinski definition) is 0. The fraction of sp³-hybridized carbons (Fsp3) is 0.571. The van der Waals surface area contributed by atoms with Gasteiger partial charge in [0.05, 0.1) is 0 Å². The molecule has 0 radical (unpaired) electrons. The summed E-state index contributed by atoms with van der Waals surface area (Å²) < 4.78 is 16.9. The Kier molecular flexibility index (Phi) is 64.4. The maximum atomic E-state index is 12.9. The molecule has 0 aliphatic heterocycles. The number of carbonyl (C=O) groups is 3. The predicted octanol–water partition coefficient (Wildman–Crippen LogP) is 23.2. The summed E-state index contributed by atoms with van der Waals surface area (Å²) in [6.07, 6.45) is 103. The molecule has 0 saturated heterocycles. The smallest absolute Gasteiger partial charge is 0.306 e. The van der Waals surface area contributed by atoms with Gasteiger partial charge in [0.25, 0.3) is 0 Å². The highest BCUT2D eigenvalue weighted by molar-refractivity contribution is 5.71. The Morgan fingerprint density at radius 2 is 0.482 bits per heavy atom. The van der Waals surface area contributed by atoms with Crippen molar-refractivity contribution in [1.82, 2.24) is 0 Å². The lowest BCUT2D eigenvalue weighted by Gasteiger charge is -2.18. The Morgan fingerprint density at radius 3 is 0.771 bits per heavy atom. The van der Waals surface area contributed by atoms with E-state index >= 15 is 0 Å². The lowest BCUT2D eigenvalue weighted by molar-refractivity contribution is -0.167. The van der Waals surface area contributed by atoms with Crippen molar-refractivity contribution in [3.8, 4) is 0 Å². The van der Waals surface area contributed by atoms with Gasteiger partial charge in [-0.15, -0.1) is 0 Å². The minimum absolute atomic E-state index is 0.118. The van der Waals surface area contributed by atoms with Crippen molar-refractivity contribution in [3.05, 3.63) is 182 Å². The van der Waals surface area contributed by atoms with Crippen LogP contribution < -0.4 is 0 Å². The minimum Gasteiger partial charge on any atom is -0.462 e. The molecule has 83 heavy (non-hydrogen) atoms. The van der Waals surface area contributed by atoms with Gasteiger partial charge >= 0.3 is 17.9 Å². The molecule has 1 atom stereocenters. The molecule has 0 heterocycles. The SMILES string of the molecule is CC/C=C\C/C=C\C/C=C\C/C=C\C/C=C\C/C=C\C/C=C\C/C=C\CCCCCCCCC(=O)OCC(COC(=O)CCCCCCCCC/C=C\C/C=C\CCCCC)OC(=O)CCC/C=C\C/C=C\C/C=C\C/C=C\C/C=C\CC.